The van der Waals surface area contributed by atoms with E-state index in [0.717, 1.165) is 28.8 Å². The lowest BCUT2D eigenvalue weighted by molar-refractivity contribution is 0.0695. The zero-order valence-electron chi connectivity index (χ0n) is 16.0. The highest BCUT2D eigenvalue weighted by Gasteiger charge is 2.46. The number of aliphatic hydroxyl groups excluding tert-OH is 1. The number of nitrogens with one attached hydrogen (secondary N) is 1. The van der Waals surface area contributed by atoms with Crippen molar-refractivity contribution in [2.75, 3.05) is 18.5 Å². The Labute approximate surface area is 170 Å². The molecule has 1 amide bonds. The number of rotatable bonds is 3. The number of likely N-dealkylation sites (tertiary alicyclic amines) is 1. The van der Waals surface area contributed by atoms with Crippen molar-refractivity contribution in [2.45, 2.75) is 18.5 Å². The first-order valence-electron chi connectivity index (χ1n) is 10.0. The monoisotopic (exact) mass is 385 g/mol. The van der Waals surface area contributed by atoms with E-state index in [4.69, 9.17) is 0 Å². The number of aromatic nitrogens is 1. The van der Waals surface area contributed by atoms with Crippen LogP contribution in [0.2, 0.25) is 0 Å². The average Bonchev–Trinajstić information content (AvgIpc) is 3.24. The molecule has 0 saturated carbocycles. The van der Waals surface area contributed by atoms with E-state index in [2.05, 4.69) is 40.6 Å². The molecule has 5 heteroatoms. The van der Waals surface area contributed by atoms with Gasteiger partial charge in [0.1, 0.15) is 5.69 Å². The molecule has 3 aromatic rings. The Morgan fingerprint density at radius 2 is 1.90 bits per heavy atom. The van der Waals surface area contributed by atoms with Crippen molar-refractivity contribution in [1.82, 2.24) is 9.88 Å². The van der Waals surface area contributed by atoms with Crippen molar-refractivity contribution in [3.8, 4) is 11.1 Å². The van der Waals surface area contributed by atoms with Gasteiger partial charge in [-0.3, -0.25) is 9.78 Å². The lowest BCUT2D eigenvalue weighted by Crippen LogP contribution is -2.43. The number of pyridine rings is 1. The summed E-state index contributed by atoms with van der Waals surface area (Å²) in [7, 11) is 0. The van der Waals surface area contributed by atoms with Crippen LogP contribution in [0.1, 0.15) is 28.5 Å². The van der Waals surface area contributed by atoms with E-state index in [9.17, 15) is 9.90 Å². The second-order valence-corrected chi connectivity index (χ2v) is 7.71. The number of hydrogen-bond acceptors (Lipinski definition) is 4. The number of carbonyl (C=O) groups is 1. The fourth-order valence-electron chi connectivity index (χ4n) is 4.74. The van der Waals surface area contributed by atoms with Gasteiger partial charge in [0.2, 0.25) is 0 Å². The molecule has 2 aliphatic rings. The van der Waals surface area contributed by atoms with Crippen LogP contribution in [0.3, 0.4) is 0 Å². The molecule has 0 radical (unpaired) electrons. The van der Waals surface area contributed by atoms with Gasteiger partial charge in [-0.05, 0) is 47.4 Å². The number of hydrogen-bond donors (Lipinski definition) is 2. The second kappa shape index (κ2) is 7.33. The Morgan fingerprint density at radius 1 is 1.07 bits per heavy atom. The number of amides is 1. The zero-order chi connectivity index (χ0) is 19.8. The predicted octanol–water partition coefficient (Wildman–Crippen LogP) is 3.74. The van der Waals surface area contributed by atoms with Gasteiger partial charge in [-0.15, -0.1) is 0 Å². The molecule has 0 spiro atoms. The molecule has 1 saturated heterocycles. The third-order valence-electron chi connectivity index (χ3n) is 6.12. The highest BCUT2D eigenvalue weighted by Crippen LogP contribution is 2.47. The molecule has 1 fully saturated rings. The van der Waals surface area contributed by atoms with Gasteiger partial charge < -0.3 is 15.3 Å². The van der Waals surface area contributed by atoms with Crippen LogP contribution >= 0.6 is 0 Å². The van der Waals surface area contributed by atoms with Gasteiger partial charge in [-0.1, -0.05) is 42.5 Å². The molecule has 3 heterocycles. The van der Waals surface area contributed by atoms with Crippen LogP contribution in [-0.4, -0.2) is 40.1 Å². The molecule has 29 heavy (non-hydrogen) atoms. The molecule has 2 N–H and O–H groups in total. The first-order chi connectivity index (χ1) is 14.3. The fourth-order valence-corrected chi connectivity index (χ4v) is 4.74. The summed E-state index contributed by atoms with van der Waals surface area (Å²) in [6.45, 7) is 0.713. The van der Waals surface area contributed by atoms with Crippen LogP contribution in [0.25, 0.3) is 11.1 Å². The summed E-state index contributed by atoms with van der Waals surface area (Å²) >= 11 is 0. The van der Waals surface area contributed by atoms with Crippen LogP contribution < -0.4 is 5.32 Å². The third kappa shape index (κ3) is 3.08. The number of carbonyl (C=O) groups excluding carboxylic acids is 1. The molecule has 1 aromatic heterocycles. The first-order valence-corrected chi connectivity index (χ1v) is 10.0. The fraction of sp³-hybridized carbons (Fsp3) is 0.250. The SMILES string of the molecule is O=C(c1ccccn1)N1CC[C@@H]2[C@H](CO)Nc3ccc(-c4ccccc4)cc3[C@@H]21. The minimum Gasteiger partial charge on any atom is -0.394 e. The topological polar surface area (TPSA) is 65.5 Å². The maximum absolute atomic E-state index is 13.2. The van der Waals surface area contributed by atoms with E-state index in [1.807, 2.05) is 35.2 Å². The Bertz CT molecular complexity index is 1020. The van der Waals surface area contributed by atoms with Gasteiger partial charge in [-0.25, -0.2) is 0 Å². The minimum atomic E-state index is -0.0680. The van der Waals surface area contributed by atoms with Crippen molar-refractivity contribution < 1.29 is 9.90 Å². The van der Waals surface area contributed by atoms with Crippen LogP contribution in [0.15, 0.2) is 72.9 Å². The number of anilines is 1. The minimum absolute atomic E-state index is 0.0483. The quantitative estimate of drug-likeness (QED) is 0.721. The molecule has 3 atom stereocenters. The van der Waals surface area contributed by atoms with Gasteiger partial charge >= 0.3 is 0 Å². The zero-order valence-corrected chi connectivity index (χ0v) is 16.0. The predicted molar refractivity (Wildman–Crippen MR) is 112 cm³/mol. The van der Waals surface area contributed by atoms with E-state index >= 15 is 0 Å². The highest BCUT2D eigenvalue weighted by atomic mass is 16.3. The van der Waals surface area contributed by atoms with Crippen LogP contribution in [0.5, 0.6) is 0 Å². The van der Waals surface area contributed by atoms with Crippen LogP contribution in [0, 0.1) is 5.92 Å². The summed E-state index contributed by atoms with van der Waals surface area (Å²) in [6.07, 6.45) is 2.51. The molecule has 0 bridgehead atoms. The molecule has 2 aromatic carbocycles. The van der Waals surface area contributed by atoms with Crippen molar-refractivity contribution in [3.63, 3.8) is 0 Å². The Balaban J connectivity index is 1.58. The lowest BCUT2D eigenvalue weighted by Gasteiger charge is -2.39. The molecular weight excluding hydrogens is 362 g/mol. The largest absolute Gasteiger partial charge is 0.394 e. The maximum Gasteiger partial charge on any atom is 0.272 e. The van der Waals surface area contributed by atoms with E-state index in [1.165, 1.54) is 0 Å². The summed E-state index contributed by atoms with van der Waals surface area (Å²) in [5, 5.41) is 13.5. The summed E-state index contributed by atoms with van der Waals surface area (Å²) in [5.74, 6) is 0.124. The summed E-state index contributed by atoms with van der Waals surface area (Å²) in [5.41, 5.74) is 4.85. The summed E-state index contributed by atoms with van der Waals surface area (Å²) in [6, 6.07) is 21.9. The van der Waals surface area contributed by atoms with E-state index in [-0.39, 0.29) is 30.5 Å². The lowest BCUT2D eigenvalue weighted by atomic mass is 9.82. The van der Waals surface area contributed by atoms with Crippen molar-refractivity contribution in [1.29, 1.82) is 0 Å². The van der Waals surface area contributed by atoms with Crippen molar-refractivity contribution in [2.24, 2.45) is 5.92 Å². The third-order valence-corrected chi connectivity index (χ3v) is 6.12. The Morgan fingerprint density at radius 3 is 2.66 bits per heavy atom. The number of benzene rings is 2. The Kier molecular flexibility index (Phi) is 4.52. The smallest absolute Gasteiger partial charge is 0.272 e. The van der Waals surface area contributed by atoms with E-state index in [1.54, 1.807) is 12.3 Å². The molecule has 2 aliphatic heterocycles. The van der Waals surface area contributed by atoms with Gasteiger partial charge in [0.25, 0.3) is 5.91 Å². The van der Waals surface area contributed by atoms with Gasteiger partial charge in [-0.2, -0.15) is 0 Å². The standard InChI is InChI=1S/C24H23N3O2/c28-15-22-18-11-13-27(24(29)21-8-4-5-12-25-21)23(18)19-14-17(9-10-20(19)26-22)16-6-2-1-3-7-16/h1-10,12,14,18,22-23,26,28H,11,13,15H2/t18-,22+,23-/m1/s1. The van der Waals surface area contributed by atoms with Crippen molar-refractivity contribution in [3.05, 3.63) is 84.2 Å². The summed E-state index contributed by atoms with van der Waals surface area (Å²) < 4.78 is 0. The van der Waals surface area contributed by atoms with Crippen LogP contribution in [0.4, 0.5) is 5.69 Å². The molecule has 5 nitrogen and oxygen atoms in total. The number of fused-ring (bicyclic) bond motifs is 3. The Hall–Kier alpha value is -3.18. The highest BCUT2D eigenvalue weighted by molar-refractivity contribution is 5.93. The first kappa shape index (κ1) is 17.9. The average molecular weight is 385 g/mol. The number of aliphatic hydroxyl groups is 1. The second-order valence-electron chi connectivity index (χ2n) is 7.71. The molecule has 0 unspecified atom stereocenters. The summed E-state index contributed by atoms with van der Waals surface area (Å²) in [4.78, 5) is 19.4. The van der Waals surface area contributed by atoms with Gasteiger partial charge in [0, 0.05) is 24.3 Å². The van der Waals surface area contributed by atoms with Gasteiger partial charge in [0.05, 0.1) is 18.7 Å². The van der Waals surface area contributed by atoms with Gasteiger partial charge in [0.15, 0.2) is 0 Å². The maximum atomic E-state index is 13.2. The molecular formula is C24H23N3O2. The molecule has 0 aliphatic carbocycles. The van der Waals surface area contributed by atoms with E-state index < -0.39 is 0 Å². The normalized spacial score (nSPS) is 22.5. The van der Waals surface area contributed by atoms with Crippen LogP contribution in [-0.2, 0) is 0 Å². The molecule has 5 rings (SSSR count). The van der Waals surface area contributed by atoms with Crippen molar-refractivity contribution >= 4 is 11.6 Å². The number of nitrogens with zero attached hydrogens (tertiary/aromatic N) is 2. The molecule has 146 valence electrons. The van der Waals surface area contributed by atoms with E-state index in [0.29, 0.717) is 12.2 Å².